The molecule has 3 aliphatic rings. The van der Waals surface area contributed by atoms with Crippen LogP contribution in [0.15, 0.2) is 18.2 Å². The number of hydrogen-bond donors (Lipinski definition) is 2. The quantitative estimate of drug-likeness (QED) is 0.727. The van der Waals surface area contributed by atoms with Crippen LogP contribution >= 0.6 is 0 Å². The highest BCUT2D eigenvalue weighted by Crippen LogP contribution is 2.31. The first-order chi connectivity index (χ1) is 13.4. The maximum Gasteiger partial charge on any atom is 0.262 e. The van der Waals surface area contributed by atoms with Gasteiger partial charge in [0.1, 0.15) is 6.04 Å². The van der Waals surface area contributed by atoms with Crippen LogP contribution < -0.4 is 11.1 Å². The van der Waals surface area contributed by atoms with E-state index in [4.69, 9.17) is 5.73 Å². The Hall–Kier alpha value is -2.58. The summed E-state index contributed by atoms with van der Waals surface area (Å²) < 4.78 is 0. The number of benzene rings is 1. The topological polar surface area (TPSA) is 113 Å². The van der Waals surface area contributed by atoms with Crippen molar-refractivity contribution in [3.05, 3.63) is 34.9 Å². The highest BCUT2D eigenvalue weighted by molar-refractivity contribution is 6.24. The van der Waals surface area contributed by atoms with Crippen LogP contribution in [-0.4, -0.2) is 58.6 Å². The van der Waals surface area contributed by atoms with Crippen molar-refractivity contribution in [2.75, 3.05) is 7.05 Å². The molecule has 0 radical (unpaired) electrons. The number of fused-ring (bicyclic) bond motifs is 1. The molecule has 3 unspecified atom stereocenters. The maximum absolute atomic E-state index is 13.1. The van der Waals surface area contributed by atoms with Gasteiger partial charge in [0.2, 0.25) is 11.8 Å². The average molecular weight is 384 g/mol. The van der Waals surface area contributed by atoms with E-state index in [2.05, 4.69) is 10.2 Å². The zero-order valence-electron chi connectivity index (χ0n) is 15.8. The second-order valence-electron chi connectivity index (χ2n) is 7.93. The van der Waals surface area contributed by atoms with E-state index in [0.717, 1.165) is 29.7 Å². The number of nitrogens with zero attached hydrogens (tertiary/aromatic N) is 2. The third-order valence-electron chi connectivity index (χ3n) is 6.04. The van der Waals surface area contributed by atoms with Gasteiger partial charge in [-0.2, -0.15) is 0 Å². The van der Waals surface area contributed by atoms with Crippen LogP contribution in [-0.2, 0) is 16.1 Å². The Morgan fingerprint density at radius 2 is 1.93 bits per heavy atom. The van der Waals surface area contributed by atoms with E-state index < -0.39 is 23.8 Å². The summed E-state index contributed by atoms with van der Waals surface area (Å²) in [4.78, 5) is 52.8. The zero-order valence-corrected chi connectivity index (χ0v) is 15.8. The molecule has 4 rings (SSSR count). The summed E-state index contributed by atoms with van der Waals surface area (Å²) in [6.45, 7) is 0.531. The first kappa shape index (κ1) is 18.8. The molecular formula is C20H24N4O4. The molecule has 0 bridgehead atoms. The van der Waals surface area contributed by atoms with Crippen LogP contribution in [0.2, 0.25) is 0 Å². The van der Waals surface area contributed by atoms with Gasteiger partial charge in [0.05, 0.1) is 11.1 Å². The van der Waals surface area contributed by atoms with Crippen molar-refractivity contribution < 1.29 is 19.2 Å². The van der Waals surface area contributed by atoms with Gasteiger partial charge in [0.15, 0.2) is 0 Å². The van der Waals surface area contributed by atoms with Crippen LogP contribution in [0.3, 0.4) is 0 Å². The Balaban J connectivity index is 1.59. The van der Waals surface area contributed by atoms with Gasteiger partial charge in [0.25, 0.3) is 11.8 Å². The third-order valence-corrected chi connectivity index (χ3v) is 6.04. The van der Waals surface area contributed by atoms with E-state index in [1.807, 2.05) is 13.1 Å². The molecule has 3 atom stereocenters. The molecule has 2 aliphatic heterocycles. The standard InChI is InChI=1S/C20H24N4O4/c1-23(13-6-5-12(21)9-13)10-11-3-2-4-14-17(11)20(28)24(19(14)27)15-7-8-16(25)22-18(15)26/h2-4,12-13,15H,5-10,21H2,1H3,(H,22,25,26). The maximum atomic E-state index is 13.1. The van der Waals surface area contributed by atoms with Gasteiger partial charge in [-0.1, -0.05) is 12.1 Å². The molecule has 8 nitrogen and oxygen atoms in total. The van der Waals surface area contributed by atoms with Gasteiger partial charge in [0, 0.05) is 25.0 Å². The minimum atomic E-state index is -0.941. The van der Waals surface area contributed by atoms with E-state index in [9.17, 15) is 19.2 Å². The van der Waals surface area contributed by atoms with E-state index in [0.29, 0.717) is 23.7 Å². The number of carbonyl (C=O) groups is 4. The second kappa shape index (κ2) is 7.10. The van der Waals surface area contributed by atoms with E-state index in [1.165, 1.54) is 0 Å². The molecule has 148 valence electrons. The Morgan fingerprint density at radius 1 is 1.14 bits per heavy atom. The van der Waals surface area contributed by atoms with Gasteiger partial charge in [-0.15, -0.1) is 0 Å². The zero-order chi connectivity index (χ0) is 20.0. The average Bonchev–Trinajstić information content (AvgIpc) is 3.19. The molecule has 1 aromatic carbocycles. The minimum Gasteiger partial charge on any atom is -0.328 e. The number of imide groups is 2. The Morgan fingerprint density at radius 3 is 2.61 bits per heavy atom. The highest BCUT2D eigenvalue weighted by atomic mass is 16.2. The SMILES string of the molecule is CN(Cc1cccc2c1C(=O)N(C1CCC(=O)NC1=O)C2=O)C1CCC(N)C1. The predicted molar refractivity (Wildman–Crippen MR) is 100 cm³/mol. The molecule has 8 heteroatoms. The van der Waals surface area contributed by atoms with Crippen molar-refractivity contribution in [1.29, 1.82) is 0 Å². The normalized spacial score (nSPS) is 27.5. The molecule has 28 heavy (non-hydrogen) atoms. The summed E-state index contributed by atoms with van der Waals surface area (Å²) in [5, 5.41) is 2.22. The molecule has 1 aromatic rings. The summed E-state index contributed by atoms with van der Waals surface area (Å²) in [5.41, 5.74) is 7.48. The van der Waals surface area contributed by atoms with Gasteiger partial charge in [-0.05, 0) is 44.4 Å². The fraction of sp³-hybridized carbons (Fsp3) is 0.500. The first-order valence-corrected chi connectivity index (χ1v) is 9.66. The Kier molecular flexibility index (Phi) is 4.76. The lowest BCUT2D eigenvalue weighted by Crippen LogP contribution is -2.54. The number of carbonyl (C=O) groups excluding carboxylic acids is 4. The number of hydrogen-bond acceptors (Lipinski definition) is 6. The van der Waals surface area contributed by atoms with Crippen LogP contribution in [0.4, 0.5) is 0 Å². The lowest BCUT2D eigenvalue weighted by molar-refractivity contribution is -0.136. The summed E-state index contributed by atoms with van der Waals surface area (Å²) >= 11 is 0. The van der Waals surface area contributed by atoms with Crippen molar-refractivity contribution in [3.63, 3.8) is 0 Å². The smallest absolute Gasteiger partial charge is 0.262 e. The van der Waals surface area contributed by atoms with E-state index in [-0.39, 0.29) is 24.8 Å². The van der Waals surface area contributed by atoms with Crippen LogP contribution in [0.1, 0.15) is 58.4 Å². The fourth-order valence-corrected chi connectivity index (χ4v) is 4.51. The summed E-state index contributed by atoms with van der Waals surface area (Å²) in [7, 11) is 2.00. The van der Waals surface area contributed by atoms with Crippen molar-refractivity contribution >= 4 is 23.6 Å². The van der Waals surface area contributed by atoms with Crippen LogP contribution in [0.25, 0.3) is 0 Å². The number of nitrogens with one attached hydrogen (secondary N) is 1. The van der Waals surface area contributed by atoms with Gasteiger partial charge >= 0.3 is 0 Å². The minimum absolute atomic E-state index is 0.112. The van der Waals surface area contributed by atoms with Crippen molar-refractivity contribution in [3.8, 4) is 0 Å². The second-order valence-corrected chi connectivity index (χ2v) is 7.93. The fourth-order valence-electron chi connectivity index (χ4n) is 4.51. The largest absolute Gasteiger partial charge is 0.328 e. The van der Waals surface area contributed by atoms with Crippen molar-refractivity contribution in [2.24, 2.45) is 5.73 Å². The van der Waals surface area contributed by atoms with Crippen molar-refractivity contribution in [1.82, 2.24) is 15.1 Å². The van der Waals surface area contributed by atoms with Gasteiger partial charge in [-0.3, -0.25) is 34.3 Å². The third kappa shape index (κ3) is 3.12. The summed E-state index contributed by atoms with van der Waals surface area (Å²) in [6.07, 6.45) is 3.19. The Bertz CT molecular complexity index is 868. The lowest BCUT2D eigenvalue weighted by Gasteiger charge is -2.28. The number of amides is 4. The number of piperidine rings is 1. The predicted octanol–water partition coefficient (Wildman–Crippen LogP) is 0.399. The molecule has 2 fully saturated rings. The molecule has 3 N–H and O–H groups in total. The van der Waals surface area contributed by atoms with Gasteiger partial charge in [-0.25, -0.2) is 0 Å². The molecule has 1 saturated carbocycles. The monoisotopic (exact) mass is 384 g/mol. The van der Waals surface area contributed by atoms with E-state index >= 15 is 0 Å². The van der Waals surface area contributed by atoms with Gasteiger partial charge < -0.3 is 5.73 Å². The highest BCUT2D eigenvalue weighted by Gasteiger charge is 2.45. The molecule has 0 aromatic heterocycles. The van der Waals surface area contributed by atoms with Crippen molar-refractivity contribution in [2.45, 2.75) is 56.8 Å². The summed E-state index contributed by atoms with van der Waals surface area (Å²) in [5.74, 6) is -1.90. The molecular weight excluding hydrogens is 360 g/mol. The van der Waals surface area contributed by atoms with Crippen LogP contribution in [0.5, 0.6) is 0 Å². The number of rotatable bonds is 4. The molecule has 2 heterocycles. The lowest BCUT2D eigenvalue weighted by atomic mass is 10.0. The summed E-state index contributed by atoms with van der Waals surface area (Å²) in [6, 6.07) is 4.86. The molecule has 4 amide bonds. The molecule has 1 saturated heterocycles. The molecule has 1 aliphatic carbocycles. The van der Waals surface area contributed by atoms with E-state index in [1.54, 1.807) is 12.1 Å². The molecule has 0 spiro atoms. The van der Waals surface area contributed by atoms with Crippen LogP contribution in [0, 0.1) is 0 Å². The Labute approximate surface area is 163 Å². The number of nitrogens with two attached hydrogens (primary N) is 1. The first-order valence-electron chi connectivity index (χ1n) is 9.66.